The lowest BCUT2D eigenvalue weighted by molar-refractivity contribution is -0.185. The van der Waals surface area contributed by atoms with Crippen LogP contribution in [-0.2, 0) is 9.47 Å². The average Bonchev–Trinajstić information content (AvgIpc) is 3.07. The third kappa shape index (κ3) is 1.45. The molecule has 1 aromatic rings. The Morgan fingerprint density at radius 3 is 2.85 bits per heavy atom. The fourth-order valence-corrected chi connectivity index (χ4v) is 2.44. The number of aliphatic hydroxyl groups is 1. The summed E-state index contributed by atoms with van der Waals surface area (Å²) in [7, 11) is 0. The Kier molecular flexibility index (Phi) is 2.47. The van der Waals surface area contributed by atoms with Gasteiger partial charge in [-0.15, -0.1) is 6.42 Å². The summed E-state index contributed by atoms with van der Waals surface area (Å²) in [5.41, 5.74) is -3.90. The van der Waals surface area contributed by atoms with Crippen LogP contribution in [0.25, 0.3) is 0 Å². The molecule has 2 saturated heterocycles. The van der Waals surface area contributed by atoms with Gasteiger partial charge in [0.15, 0.2) is 12.3 Å². The molecule has 0 aliphatic carbocycles. The monoisotopic (exact) mass is 282 g/mol. The molecule has 0 aromatic carbocycles. The Hall–Kier alpha value is -1.95. The molecule has 2 N–H and O–H groups in total. The molecule has 3 heterocycles. The number of epoxide rings is 1. The minimum absolute atomic E-state index is 0.624. The lowest BCUT2D eigenvalue weighted by atomic mass is 9.98. The molecular weight excluding hydrogens is 271 g/mol. The molecule has 0 radical (unpaired) electrons. The van der Waals surface area contributed by atoms with Crippen LogP contribution < -0.4 is 11.2 Å². The Morgan fingerprint density at radius 2 is 2.30 bits per heavy atom. The zero-order valence-electron chi connectivity index (χ0n) is 10.4. The van der Waals surface area contributed by atoms with E-state index in [0.717, 1.165) is 16.8 Å². The second-order valence-electron chi connectivity index (χ2n) is 4.80. The molecule has 7 nitrogen and oxygen atoms in total. The standard InChI is InChI=1S/C12H11FN2O5/c1-3-11(13)8-12(19-8,6(2)16)20-9(11)15-5-4-7(17)14-10(15)18/h1,4-6,8-9,16H,2H3,(H,14,17,18)/t6-,8+,9+,11?,12?/m0/s1. The van der Waals surface area contributed by atoms with E-state index in [9.17, 15) is 19.1 Å². The molecule has 2 aliphatic rings. The number of rotatable bonds is 2. The first-order chi connectivity index (χ1) is 9.35. The largest absolute Gasteiger partial charge is 0.388 e. The number of hydrogen-bond donors (Lipinski definition) is 2. The van der Waals surface area contributed by atoms with Gasteiger partial charge in [-0.05, 0) is 6.92 Å². The first-order valence-corrected chi connectivity index (χ1v) is 5.87. The lowest BCUT2D eigenvalue weighted by Crippen LogP contribution is -2.42. The lowest BCUT2D eigenvalue weighted by Gasteiger charge is -2.25. The number of alkyl halides is 1. The number of aromatic amines is 1. The number of hydrogen-bond acceptors (Lipinski definition) is 5. The number of nitrogens with zero attached hydrogens (tertiary/aromatic N) is 1. The molecular formula is C12H11FN2O5. The highest BCUT2D eigenvalue weighted by molar-refractivity contribution is 5.28. The molecule has 2 unspecified atom stereocenters. The van der Waals surface area contributed by atoms with Crippen molar-refractivity contribution in [3.05, 3.63) is 33.1 Å². The molecule has 5 atom stereocenters. The average molecular weight is 282 g/mol. The molecule has 0 bridgehead atoms. The molecule has 2 fully saturated rings. The first kappa shape index (κ1) is 13.1. The zero-order chi connectivity index (χ0) is 14.7. The number of aromatic nitrogens is 2. The molecule has 20 heavy (non-hydrogen) atoms. The highest BCUT2D eigenvalue weighted by Crippen LogP contribution is 2.60. The van der Waals surface area contributed by atoms with Crippen molar-refractivity contribution in [3.63, 3.8) is 0 Å². The van der Waals surface area contributed by atoms with E-state index in [4.69, 9.17) is 15.9 Å². The smallest absolute Gasteiger partial charge is 0.330 e. The Bertz CT molecular complexity index is 720. The minimum Gasteiger partial charge on any atom is -0.388 e. The van der Waals surface area contributed by atoms with E-state index >= 15 is 0 Å². The number of aliphatic hydroxyl groups excluding tert-OH is 1. The molecule has 0 saturated carbocycles. The SMILES string of the molecule is C#CC1(F)[C@H]2OC2([C@H](C)O)O[C@H]1n1ccc(=O)[nH]c1=O. The normalized spacial score (nSPS) is 39.9. The molecule has 3 rings (SSSR count). The maximum absolute atomic E-state index is 14.9. The van der Waals surface area contributed by atoms with Crippen molar-refractivity contribution in [3.8, 4) is 12.3 Å². The van der Waals surface area contributed by atoms with E-state index in [0.29, 0.717) is 0 Å². The Morgan fingerprint density at radius 1 is 1.60 bits per heavy atom. The zero-order valence-corrected chi connectivity index (χ0v) is 10.4. The summed E-state index contributed by atoms with van der Waals surface area (Å²) in [6.45, 7) is 1.37. The number of H-pyrrole nitrogens is 1. The second-order valence-corrected chi connectivity index (χ2v) is 4.80. The van der Waals surface area contributed by atoms with E-state index < -0.39 is 41.1 Å². The van der Waals surface area contributed by atoms with Crippen molar-refractivity contribution in [1.82, 2.24) is 9.55 Å². The van der Waals surface area contributed by atoms with Crippen LogP contribution in [-0.4, -0.2) is 38.3 Å². The van der Waals surface area contributed by atoms with Gasteiger partial charge in [0.2, 0.25) is 11.5 Å². The van der Waals surface area contributed by atoms with Crippen LogP contribution in [0, 0.1) is 12.3 Å². The van der Waals surface area contributed by atoms with Crippen LogP contribution in [0.3, 0.4) is 0 Å². The number of ether oxygens (including phenoxy) is 2. The number of halogens is 1. The van der Waals surface area contributed by atoms with Gasteiger partial charge in [0.1, 0.15) is 6.10 Å². The van der Waals surface area contributed by atoms with Crippen molar-refractivity contribution in [2.75, 3.05) is 0 Å². The molecule has 2 aliphatic heterocycles. The van der Waals surface area contributed by atoms with Crippen LogP contribution >= 0.6 is 0 Å². The van der Waals surface area contributed by atoms with Gasteiger partial charge in [0, 0.05) is 12.3 Å². The Labute approximate surface area is 111 Å². The van der Waals surface area contributed by atoms with Crippen LogP contribution in [0.2, 0.25) is 0 Å². The van der Waals surface area contributed by atoms with E-state index in [1.165, 1.54) is 6.92 Å². The highest BCUT2D eigenvalue weighted by atomic mass is 19.1. The predicted molar refractivity (Wildman–Crippen MR) is 63.4 cm³/mol. The van der Waals surface area contributed by atoms with Crippen molar-refractivity contribution in [1.29, 1.82) is 0 Å². The summed E-state index contributed by atoms with van der Waals surface area (Å²) < 4.78 is 26.1. The molecule has 1 aromatic heterocycles. The maximum Gasteiger partial charge on any atom is 0.330 e. The molecule has 0 spiro atoms. The number of nitrogens with one attached hydrogen (secondary N) is 1. The van der Waals surface area contributed by atoms with Gasteiger partial charge in [0.05, 0.1) is 0 Å². The van der Waals surface area contributed by atoms with Crippen LogP contribution in [0.1, 0.15) is 13.2 Å². The number of terminal acetylenes is 1. The summed E-state index contributed by atoms with van der Waals surface area (Å²) in [5, 5.41) is 9.63. The van der Waals surface area contributed by atoms with E-state index in [1.54, 1.807) is 0 Å². The summed E-state index contributed by atoms with van der Waals surface area (Å²) in [6, 6.07) is 1.04. The fraction of sp³-hybridized carbons (Fsp3) is 0.500. The minimum atomic E-state index is -2.42. The van der Waals surface area contributed by atoms with Crippen LogP contribution in [0.4, 0.5) is 4.39 Å². The van der Waals surface area contributed by atoms with Crippen molar-refractivity contribution in [2.45, 2.75) is 36.8 Å². The van der Waals surface area contributed by atoms with E-state index in [1.807, 2.05) is 10.9 Å². The van der Waals surface area contributed by atoms with Gasteiger partial charge in [-0.1, -0.05) is 5.92 Å². The predicted octanol–water partition coefficient (Wildman–Crippen LogP) is -1.12. The molecule has 0 amide bonds. The van der Waals surface area contributed by atoms with Crippen molar-refractivity contribution >= 4 is 0 Å². The second kappa shape index (κ2) is 3.79. The van der Waals surface area contributed by atoms with E-state index in [2.05, 4.69) is 0 Å². The topological polar surface area (TPSA) is 96.8 Å². The van der Waals surface area contributed by atoms with Crippen LogP contribution in [0.5, 0.6) is 0 Å². The third-order valence-electron chi connectivity index (χ3n) is 3.55. The van der Waals surface area contributed by atoms with Crippen LogP contribution in [0.15, 0.2) is 21.9 Å². The van der Waals surface area contributed by atoms with Crippen molar-refractivity contribution in [2.24, 2.45) is 0 Å². The van der Waals surface area contributed by atoms with Gasteiger partial charge in [-0.25, -0.2) is 9.18 Å². The maximum atomic E-state index is 14.9. The quantitative estimate of drug-likeness (QED) is 0.529. The molecule has 8 heteroatoms. The van der Waals surface area contributed by atoms with E-state index in [-0.39, 0.29) is 0 Å². The van der Waals surface area contributed by atoms with Gasteiger partial charge in [0.25, 0.3) is 5.56 Å². The van der Waals surface area contributed by atoms with Crippen molar-refractivity contribution < 1.29 is 19.0 Å². The Balaban J connectivity index is 2.09. The molecule has 106 valence electrons. The summed E-state index contributed by atoms with van der Waals surface area (Å²) in [4.78, 5) is 24.7. The van der Waals surface area contributed by atoms with Gasteiger partial charge < -0.3 is 14.6 Å². The van der Waals surface area contributed by atoms with Gasteiger partial charge in [-0.3, -0.25) is 14.3 Å². The third-order valence-corrected chi connectivity index (χ3v) is 3.55. The van der Waals surface area contributed by atoms with Gasteiger partial charge >= 0.3 is 5.69 Å². The number of fused-ring (bicyclic) bond motifs is 1. The summed E-state index contributed by atoms with van der Waals surface area (Å²) in [6.07, 6.45) is 2.51. The summed E-state index contributed by atoms with van der Waals surface area (Å²) >= 11 is 0. The first-order valence-electron chi connectivity index (χ1n) is 5.87. The summed E-state index contributed by atoms with van der Waals surface area (Å²) in [5.74, 6) is 0.368. The fourth-order valence-electron chi connectivity index (χ4n) is 2.44. The highest BCUT2D eigenvalue weighted by Gasteiger charge is 2.80. The van der Waals surface area contributed by atoms with Gasteiger partial charge in [-0.2, -0.15) is 0 Å².